The van der Waals surface area contributed by atoms with Crippen LogP contribution in [0.25, 0.3) is 0 Å². The van der Waals surface area contributed by atoms with Gasteiger partial charge >= 0.3 is 0 Å². The normalized spacial score (nSPS) is 15.5. The van der Waals surface area contributed by atoms with Crippen LogP contribution in [0.15, 0.2) is 29.3 Å². The molecule has 2 heterocycles. The number of aromatic nitrogens is 2. The average Bonchev–Trinajstić information content (AvgIpc) is 3.12. The molecule has 0 amide bonds. The molecule has 1 aliphatic heterocycles. The number of nitrogens with zero attached hydrogens (tertiary/aromatic N) is 3. The lowest BCUT2D eigenvalue weighted by Crippen LogP contribution is -2.29. The summed E-state index contributed by atoms with van der Waals surface area (Å²) < 4.78 is 40.7. The van der Waals surface area contributed by atoms with Crippen molar-refractivity contribution in [3.8, 4) is 0 Å². The first-order chi connectivity index (χ1) is 11.9. The summed E-state index contributed by atoms with van der Waals surface area (Å²) in [5.41, 5.74) is 0.416. The van der Waals surface area contributed by atoms with Crippen molar-refractivity contribution in [1.82, 2.24) is 14.3 Å². The van der Waals surface area contributed by atoms with Gasteiger partial charge in [-0.3, -0.25) is 0 Å². The van der Waals surface area contributed by atoms with Crippen molar-refractivity contribution in [2.75, 3.05) is 18.4 Å². The van der Waals surface area contributed by atoms with E-state index < -0.39 is 15.8 Å². The van der Waals surface area contributed by atoms with Crippen molar-refractivity contribution in [3.05, 3.63) is 46.1 Å². The Morgan fingerprint density at radius 2 is 1.96 bits per heavy atom. The lowest BCUT2D eigenvalue weighted by Gasteiger charge is -2.18. The topological polar surface area (TPSA) is 75.2 Å². The maximum absolute atomic E-state index is 13.7. The van der Waals surface area contributed by atoms with Crippen molar-refractivity contribution < 1.29 is 12.8 Å². The summed E-state index contributed by atoms with van der Waals surface area (Å²) in [7, 11) is -3.75. The van der Waals surface area contributed by atoms with Crippen LogP contribution in [0, 0.1) is 5.82 Å². The highest BCUT2D eigenvalue weighted by Crippen LogP contribution is 2.26. The first-order valence-electron chi connectivity index (χ1n) is 7.58. The Hall–Kier alpha value is -1.48. The van der Waals surface area contributed by atoms with E-state index >= 15 is 0 Å². The molecule has 6 nitrogen and oxygen atoms in total. The van der Waals surface area contributed by atoms with Gasteiger partial charge in [-0.2, -0.15) is 9.29 Å². The molecule has 1 aromatic carbocycles. The summed E-state index contributed by atoms with van der Waals surface area (Å²) in [6.07, 6.45) is 2.94. The minimum atomic E-state index is -3.75. The van der Waals surface area contributed by atoms with Crippen molar-refractivity contribution >= 4 is 39.0 Å². The molecule has 1 saturated heterocycles. The van der Waals surface area contributed by atoms with Gasteiger partial charge in [0.15, 0.2) is 0 Å². The van der Waals surface area contributed by atoms with Crippen LogP contribution in [0.3, 0.4) is 0 Å². The predicted octanol–water partition coefficient (Wildman–Crippen LogP) is 3.32. The van der Waals surface area contributed by atoms with Crippen molar-refractivity contribution in [3.63, 3.8) is 0 Å². The molecule has 0 atom stereocenters. The summed E-state index contributed by atoms with van der Waals surface area (Å²) >= 11 is 11.7. The fraction of sp³-hybridized carbons (Fsp3) is 0.333. The van der Waals surface area contributed by atoms with Crippen LogP contribution in [-0.4, -0.2) is 35.8 Å². The van der Waals surface area contributed by atoms with Gasteiger partial charge in [0.2, 0.25) is 15.3 Å². The van der Waals surface area contributed by atoms with Gasteiger partial charge < -0.3 is 5.32 Å². The largest absolute Gasteiger partial charge is 0.365 e. The molecule has 3 rings (SSSR count). The van der Waals surface area contributed by atoms with E-state index in [9.17, 15) is 12.8 Å². The minimum absolute atomic E-state index is 0.0101. The van der Waals surface area contributed by atoms with E-state index in [0.29, 0.717) is 18.7 Å². The standard InChI is InChI=1S/C15H15Cl2FN4O2S/c16-12-9-20-15(17)21-14(12)19-8-10-3-4-11(18)7-13(10)25(23,24)22-5-1-2-6-22/h3-4,7,9H,1-2,5-6,8H2,(H,19,20,21). The minimum Gasteiger partial charge on any atom is -0.365 e. The molecule has 2 aromatic rings. The fourth-order valence-electron chi connectivity index (χ4n) is 2.63. The molecule has 1 aliphatic rings. The third-order valence-corrected chi connectivity index (χ3v) is 6.31. The van der Waals surface area contributed by atoms with Crippen LogP contribution in [0.4, 0.5) is 10.2 Å². The first-order valence-corrected chi connectivity index (χ1v) is 9.78. The van der Waals surface area contributed by atoms with Crippen LogP contribution < -0.4 is 5.32 Å². The molecule has 1 N–H and O–H groups in total. The summed E-state index contributed by atoms with van der Waals surface area (Å²) in [4.78, 5) is 7.64. The van der Waals surface area contributed by atoms with E-state index in [2.05, 4.69) is 15.3 Å². The van der Waals surface area contributed by atoms with E-state index in [1.807, 2.05) is 0 Å². The van der Waals surface area contributed by atoms with Crippen LogP contribution in [0.2, 0.25) is 10.3 Å². The number of sulfonamides is 1. The van der Waals surface area contributed by atoms with Gasteiger partial charge in [-0.1, -0.05) is 17.7 Å². The number of hydrogen-bond acceptors (Lipinski definition) is 5. The summed E-state index contributed by atoms with van der Waals surface area (Å²) in [5.74, 6) is -0.333. The Kier molecular flexibility index (Phi) is 5.43. The Balaban J connectivity index is 1.90. The van der Waals surface area contributed by atoms with Crippen LogP contribution in [0.5, 0.6) is 0 Å². The van der Waals surface area contributed by atoms with Gasteiger partial charge in [0.05, 0.1) is 11.1 Å². The number of benzene rings is 1. The zero-order valence-electron chi connectivity index (χ0n) is 13.0. The van der Waals surface area contributed by atoms with E-state index in [1.165, 1.54) is 22.6 Å². The number of halogens is 3. The second-order valence-electron chi connectivity index (χ2n) is 5.55. The number of rotatable bonds is 5. The number of anilines is 1. The highest BCUT2D eigenvalue weighted by atomic mass is 35.5. The van der Waals surface area contributed by atoms with Crippen LogP contribution >= 0.6 is 23.2 Å². The van der Waals surface area contributed by atoms with Gasteiger partial charge in [0.1, 0.15) is 16.7 Å². The van der Waals surface area contributed by atoms with Crippen LogP contribution in [0.1, 0.15) is 18.4 Å². The number of nitrogens with one attached hydrogen (secondary N) is 1. The van der Waals surface area contributed by atoms with Gasteiger partial charge in [-0.15, -0.1) is 0 Å². The zero-order valence-corrected chi connectivity index (χ0v) is 15.4. The lowest BCUT2D eigenvalue weighted by molar-refractivity contribution is 0.475. The molecule has 0 radical (unpaired) electrons. The van der Waals surface area contributed by atoms with Gasteiger partial charge in [-0.25, -0.2) is 17.8 Å². The monoisotopic (exact) mass is 404 g/mol. The molecule has 0 unspecified atom stereocenters. The van der Waals surface area contributed by atoms with Crippen molar-refractivity contribution in [1.29, 1.82) is 0 Å². The number of hydrogen-bond donors (Lipinski definition) is 1. The summed E-state index contributed by atoms with van der Waals surface area (Å²) in [6.45, 7) is 0.980. The van der Waals surface area contributed by atoms with Crippen LogP contribution in [-0.2, 0) is 16.6 Å². The quantitative estimate of drug-likeness (QED) is 0.773. The maximum Gasteiger partial charge on any atom is 0.243 e. The SMILES string of the molecule is O=S(=O)(c1cc(F)ccc1CNc1nc(Cl)ncc1Cl)N1CCCC1. The molecule has 1 aromatic heterocycles. The third-order valence-electron chi connectivity index (χ3n) is 3.87. The Labute approximate surface area is 155 Å². The van der Waals surface area contributed by atoms with Gasteiger partial charge in [-0.05, 0) is 42.1 Å². The van der Waals surface area contributed by atoms with Gasteiger partial charge in [0.25, 0.3) is 0 Å². The smallest absolute Gasteiger partial charge is 0.243 e. The molecule has 1 fully saturated rings. The molecule has 0 spiro atoms. The average molecular weight is 405 g/mol. The fourth-order valence-corrected chi connectivity index (χ4v) is 4.67. The Bertz CT molecular complexity index is 889. The predicted molar refractivity (Wildman–Crippen MR) is 93.8 cm³/mol. The second-order valence-corrected chi connectivity index (χ2v) is 8.20. The molecule has 0 aliphatic carbocycles. The Morgan fingerprint density at radius 1 is 1.24 bits per heavy atom. The van der Waals surface area contributed by atoms with E-state index in [1.54, 1.807) is 0 Å². The molecular weight excluding hydrogens is 390 g/mol. The molecule has 10 heteroatoms. The molecule has 25 heavy (non-hydrogen) atoms. The molecular formula is C15H15Cl2FN4O2S. The molecule has 0 saturated carbocycles. The van der Waals surface area contributed by atoms with Gasteiger partial charge in [0, 0.05) is 19.6 Å². The van der Waals surface area contributed by atoms with E-state index in [4.69, 9.17) is 23.2 Å². The van der Waals surface area contributed by atoms with E-state index in [-0.39, 0.29) is 27.6 Å². The third kappa shape index (κ3) is 4.03. The second kappa shape index (κ2) is 7.41. The van der Waals surface area contributed by atoms with Crippen molar-refractivity contribution in [2.45, 2.75) is 24.3 Å². The maximum atomic E-state index is 13.7. The van der Waals surface area contributed by atoms with E-state index in [0.717, 1.165) is 18.9 Å². The Morgan fingerprint density at radius 3 is 2.68 bits per heavy atom. The summed E-state index contributed by atoms with van der Waals surface area (Å²) in [5, 5.41) is 3.18. The molecule has 0 bridgehead atoms. The zero-order chi connectivity index (χ0) is 18.0. The summed E-state index contributed by atoms with van der Waals surface area (Å²) in [6, 6.07) is 3.69. The highest BCUT2D eigenvalue weighted by Gasteiger charge is 2.29. The van der Waals surface area contributed by atoms with Crippen molar-refractivity contribution in [2.24, 2.45) is 0 Å². The highest BCUT2D eigenvalue weighted by molar-refractivity contribution is 7.89. The lowest BCUT2D eigenvalue weighted by atomic mass is 10.2. The molecule has 134 valence electrons. The first kappa shape index (κ1) is 18.3.